The number of carbonyl (C=O) groups excluding carboxylic acids is 2. The molecule has 0 aliphatic carbocycles. The Balaban J connectivity index is 0.988. The maximum Gasteiger partial charge on any atom is 0.246 e. The highest BCUT2D eigenvalue weighted by molar-refractivity contribution is 5.87. The molecule has 2 amide bonds. The van der Waals surface area contributed by atoms with E-state index in [2.05, 4.69) is 0 Å². The minimum absolute atomic E-state index is 0.0659. The number of unbranched alkanes of at least 4 members (excludes halogenated alkanes) is 6. The van der Waals surface area contributed by atoms with E-state index in [1.165, 1.54) is 6.42 Å². The highest BCUT2D eigenvalue weighted by Crippen LogP contribution is 2.18. The second kappa shape index (κ2) is 12.1. The molecule has 4 aliphatic heterocycles. The van der Waals surface area contributed by atoms with Crippen LogP contribution in [0.2, 0.25) is 0 Å². The lowest BCUT2D eigenvalue weighted by Gasteiger charge is -2.21. The van der Waals surface area contributed by atoms with E-state index in [0.29, 0.717) is 19.5 Å². The average Bonchev–Trinajstić information content (AvgIpc) is 3.63. The summed E-state index contributed by atoms with van der Waals surface area (Å²) in [5.41, 5.74) is 0. The van der Waals surface area contributed by atoms with E-state index in [9.17, 15) is 9.59 Å². The quantitative estimate of drug-likeness (QED) is 0.180. The molecule has 0 aromatic carbocycles. The monoisotopic (exact) mass is 450 g/mol. The van der Waals surface area contributed by atoms with Crippen molar-refractivity contribution in [3.8, 4) is 0 Å². The summed E-state index contributed by atoms with van der Waals surface area (Å²) in [6.07, 6.45) is 12.8. The summed E-state index contributed by atoms with van der Waals surface area (Å²) >= 11 is 0. The van der Waals surface area contributed by atoms with E-state index in [0.717, 1.165) is 78.0 Å². The lowest BCUT2D eigenvalue weighted by Crippen LogP contribution is -2.37. The first-order chi connectivity index (χ1) is 15.7. The second-order valence-electron chi connectivity index (χ2n) is 9.43. The zero-order valence-electron chi connectivity index (χ0n) is 19.1. The molecule has 4 aliphatic rings. The Morgan fingerprint density at radius 2 is 1.09 bits per heavy atom. The molecule has 4 unspecified atom stereocenters. The van der Waals surface area contributed by atoms with E-state index < -0.39 is 0 Å². The van der Waals surface area contributed by atoms with Gasteiger partial charge in [-0.2, -0.15) is 0 Å². The molecule has 4 atom stereocenters. The minimum atomic E-state index is 0.0659. The van der Waals surface area contributed by atoms with E-state index in [1.54, 1.807) is 6.08 Å². The summed E-state index contributed by atoms with van der Waals surface area (Å²) in [4.78, 5) is 28.6. The predicted molar refractivity (Wildman–Crippen MR) is 118 cm³/mol. The molecular weight excluding hydrogens is 412 g/mol. The van der Waals surface area contributed by atoms with Crippen molar-refractivity contribution in [1.82, 2.24) is 9.80 Å². The van der Waals surface area contributed by atoms with E-state index in [-0.39, 0.29) is 36.2 Å². The van der Waals surface area contributed by atoms with Crippen molar-refractivity contribution in [3.63, 3.8) is 0 Å². The van der Waals surface area contributed by atoms with Gasteiger partial charge in [-0.25, -0.2) is 0 Å². The minimum Gasteiger partial charge on any atom is -0.371 e. The summed E-state index contributed by atoms with van der Waals surface area (Å²) in [5, 5.41) is 0. The van der Waals surface area contributed by atoms with Gasteiger partial charge in [-0.3, -0.25) is 9.59 Å². The molecule has 0 N–H and O–H groups in total. The van der Waals surface area contributed by atoms with Crippen LogP contribution in [0.15, 0.2) is 12.2 Å². The topological polar surface area (TPSA) is 90.7 Å². The van der Waals surface area contributed by atoms with Gasteiger partial charge in [0, 0.05) is 32.6 Å². The van der Waals surface area contributed by atoms with Gasteiger partial charge in [0.25, 0.3) is 0 Å². The zero-order chi connectivity index (χ0) is 22.2. The Bertz CT molecular complexity index is 612. The molecule has 0 radical (unpaired) electrons. The molecule has 0 aromatic rings. The highest BCUT2D eigenvalue weighted by atomic mass is 16.6. The first-order valence-electron chi connectivity index (χ1n) is 12.4. The first kappa shape index (κ1) is 23.7. The van der Waals surface area contributed by atoms with Crippen LogP contribution in [0.1, 0.15) is 51.4 Å². The first-order valence-corrected chi connectivity index (χ1v) is 12.4. The summed E-state index contributed by atoms with van der Waals surface area (Å²) in [6.45, 7) is 5.86. The van der Waals surface area contributed by atoms with Crippen LogP contribution in [0, 0.1) is 0 Å². The van der Waals surface area contributed by atoms with Crippen LogP contribution >= 0.6 is 0 Å². The summed E-state index contributed by atoms with van der Waals surface area (Å²) in [7, 11) is 0. The Morgan fingerprint density at radius 1 is 0.656 bits per heavy atom. The molecular formula is C24H38N2O6. The highest BCUT2D eigenvalue weighted by Gasteiger charge is 2.33. The Labute approximate surface area is 191 Å². The van der Waals surface area contributed by atoms with Gasteiger partial charge >= 0.3 is 0 Å². The SMILES string of the molecule is O=C(C=CCCCCCCCCC(=O)N(CC1CO1)CC1CO1)N(CC1CO1)CC1CO1. The molecule has 0 aromatic heterocycles. The van der Waals surface area contributed by atoms with Gasteiger partial charge in [0.05, 0.1) is 50.8 Å². The molecule has 4 rings (SSSR count). The predicted octanol–water partition coefficient (Wildman–Crippen LogP) is 1.92. The smallest absolute Gasteiger partial charge is 0.246 e. The van der Waals surface area contributed by atoms with Gasteiger partial charge in [-0.1, -0.05) is 31.8 Å². The molecule has 4 fully saturated rings. The van der Waals surface area contributed by atoms with Gasteiger partial charge < -0.3 is 28.7 Å². The number of hydrogen-bond donors (Lipinski definition) is 0. The number of ether oxygens (including phenoxy) is 4. The van der Waals surface area contributed by atoms with Gasteiger partial charge in [0.1, 0.15) is 0 Å². The Morgan fingerprint density at radius 3 is 1.59 bits per heavy atom. The number of rotatable bonds is 18. The normalized spacial score (nSPS) is 27.4. The maximum absolute atomic E-state index is 12.5. The Kier molecular flexibility index (Phi) is 8.96. The van der Waals surface area contributed by atoms with Crippen LogP contribution in [-0.4, -0.2) is 98.6 Å². The number of hydrogen-bond acceptors (Lipinski definition) is 6. The molecule has 0 spiro atoms. The standard InChI is InChI=1S/C24H38N2O6/c27-23(25(11-19-15-29-19)12-20-16-30-20)9-7-5-3-1-2-4-6-8-10-24(28)26(13-21-17-31-21)14-22-18-32-22/h7,9,19-22H,1-6,8,10-18H2. The van der Waals surface area contributed by atoms with Gasteiger partial charge in [0.15, 0.2) is 0 Å². The van der Waals surface area contributed by atoms with Gasteiger partial charge in [-0.05, 0) is 25.3 Å². The summed E-state index contributed by atoms with van der Waals surface area (Å²) < 4.78 is 21.1. The third-order valence-corrected chi connectivity index (χ3v) is 6.24. The van der Waals surface area contributed by atoms with E-state index in [4.69, 9.17) is 18.9 Å². The Hall–Kier alpha value is -1.48. The number of allylic oxidation sites excluding steroid dienone is 1. The number of carbonyl (C=O) groups is 2. The molecule has 8 heteroatoms. The van der Waals surface area contributed by atoms with Crippen molar-refractivity contribution in [2.75, 3.05) is 52.6 Å². The van der Waals surface area contributed by atoms with Gasteiger partial charge in [-0.15, -0.1) is 0 Å². The van der Waals surface area contributed by atoms with Crippen LogP contribution in [-0.2, 0) is 28.5 Å². The molecule has 0 bridgehead atoms. The maximum atomic E-state index is 12.5. The summed E-state index contributed by atoms with van der Waals surface area (Å²) in [6, 6.07) is 0. The van der Waals surface area contributed by atoms with Crippen LogP contribution in [0.3, 0.4) is 0 Å². The van der Waals surface area contributed by atoms with Crippen molar-refractivity contribution >= 4 is 11.8 Å². The lowest BCUT2D eigenvalue weighted by molar-refractivity contribution is -0.132. The largest absolute Gasteiger partial charge is 0.371 e. The van der Waals surface area contributed by atoms with E-state index >= 15 is 0 Å². The van der Waals surface area contributed by atoms with Crippen molar-refractivity contribution in [2.24, 2.45) is 0 Å². The fourth-order valence-electron chi connectivity index (χ4n) is 3.90. The van der Waals surface area contributed by atoms with Crippen LogP contribution in [0.4, 0.5) is 0 Å². The van der Waals surface area contributed by atoms with E-state index in [1.807, 2.05) is 15.9 Å². The third-order valence-electron chi connectivity index (χ3n) is 6.24. The van der Waals surface area contributed by atoms with Crippen LogP contribution < -0.4 is 0 Å². The fraction of sp³-hybridized carbons (Fsp3) is 0.833. The van der Waals surface area contributed by atoms with Crippen LogP contribution in [0.25, 0.3) is 0 Å². The molecule has 4 saturated heterocycles. The number of amides is 2. The molecule has 180 valence electrons. The number of epoxide rings is 4. The molecule has 32 heavy (non-hydrogen) atoms. The van der Waals surface area contributed by atoms with Crippen LogP contribution in [0.5, 0.6) is 0 Å². The fourth-order valence-corrected chi connectivity index (χ4v) is 3.90. The summed E-state index contributed by atoms with van der Waals surface area (Å²) in [5.74, 6) is 0.303. The molecule has 8 nitrogen and oxygen atoms in total. The second-order valence-corrected chi connectivity index (χ2v) is 9.43. The average molecular weight is 451 g/mol. The van der Waals surface area contributed by atoms with Crippen molar-refractivity contribution < 1.29 is 28.5 Å². The number of nitrogens with zero attached hydrogens (tertiary/aromatic N) is 2. The van der Waals surface area contributed by atoms with Crippen molar-refractivity contribution in [3.05, 3.63) is 12.2 Å². The van der Waals surface area contributed by atoms with Crippen molar-refractivity contribution in [1.29, 1.82) is 0 Å². The van der Waals surface area contributed by atoms with Gasteiger partial charge in [0.2, 0.25) is 11.8 Å². The third kappa shape index (κ3) is 9.57. The molecule has 4 heterocycles. The zero-order valence-corrected chi connectivity index (χ0v) is 19.1. The van der Waals surface area contributed by atoms with Crippen molar-refractivity contribution in [2.45, 2.75) is 75.8 Å². The lowest BCUT2D eigenvalue weighted by atomic mass is 10.1. The molecule has 0 saturated carbocycles.